The highest BCUT2D eigenvalue weighted by atomic mass is 16.5. The maximum atomic E-state index is 14.1. The number of likely N-dealkylation sites (N-methyl/N-ethyl adjacent to an activating group) is 1. The van der Waals surface area contributed by atoms with Crippen LogP contribution in [-0.2, 0) is 25.6 Å². The lowest BCUT2D eigenvalue weighted by Gasteiger charge is -2.30. The third kappa shape index (κ3) is 11.2. The molecule has 288 valence electrons. The zero-order valence-corrected chi connectivity index (χ0v) is 30.9. The van der Waals surface area contributed by atoms with Crippen LogP contribution in [0.3, 0.4) is 0 Å². The number of hydrogen-bond donors (Lipinski definition) is 7. The number of nitrogens with one attached hydrogen (secondary N) is 4. The van der Waals surface area contributed by atoms with Crippen LogP contribution in [0.1, 0.15) is 40.0 Å². The van der Waals surface area contributed by atoms with E-state index in [0.29, 0.717) is 39.3 Å². The molecule has 10 N–H and O–H groups in total. The van der Waals surface area contributed by atoms with Gasteiger partial charge in [0.25, 0.3) is 5.91 Å². The van der Waals surface area contributed by atoms with Gasteiger partial charge in [-0.25, -0.2) is 0 Å². The van der Waals surface area contributed by atoms with Gasteiger partial charge in [-0.3, -0.25) is 24.0 Å². The van der Waals surface area contributed by atoms with Gasteiger partial charge < -0.3 is 52.8 Å². The summed E-state index contributed by atoms with van der Waals surface area (Å²) in [5, 5.41) is 19.5. The molecule has 3 atom stereocenters. The molecule has 2 unspecified atom stereocenters. The Morgan fingerprint density at radius 2 is 1.50 bits per heavy atom. The highest BCUT2D eigenvalue weighted by molar-refractivity contribution is 5.98. The Morgan fingerprint density at radius 3 is 2.11 bits per heavy atom. The van der Waals surface area contributed by atoms with Crippen LogP contribution in [0, 0.1) is 18.3 Å². The monoisotopic (exact) mass is 743 g/mol. The molecule has 4 rings (SSSR count). The largest absolute Gasteiger partial charge is 0.492 e. The molecular formula is C38H49N9O7. The Morgan fingerprint density at radius 1 is 0.889 bits per heavy atom. The van der Waals surface area contributed by atoms with Gasteiger partial charge in [0.2, 0.25) is 23.6 Å². The molecule has 54 heavy (non-hydrogen) atoms. The SMILES string of the molecule is CN.Cc1ccc(C(=O)NCC(=O)N(C)C2C(=O)N[C@@H](C)C(=O)NC(C(=O)NCC#N)Cc3ccc(OCCN)c(c3)-c3cc2ccc3OCCN)cc1. The van der Waals surface area contributed by atoms with E-state index in [2.05, 4.69) is 27.0 Å². The number of aryl methyl sites for hydroxylation is 1. The topological polar surface area (TPSA) is 257 Å². The molecule has 1 aliphatic heterocycles. The molecule has 1 heterocycles. The lowest BCUT2D eigenvalue weighted by molar-refractivity contribution is -0.139. The van der Waals surface area contributed by atoms with Gasteiger partial charge in [0.05, 0.1) is 12.6 Å². The van der Waals surface area contributed by atoms with Crippen molar-refractivity contribution in [3.05, 3.63) is 82.9 Å². The van der Waals surface area contributed by atoms with E-state index in [1.54, 1.807) is 60.7 Å². The fourth-order valence-corrected chi connectivity index (χ4v) is 5.56. The maximum Gasteiger partial charge on any atom is 0.251 e. The Kier molecular flexibility index (Phi) is 16.4. The minimum absolute atomic E-state index is 0.0285. The predicted molar refractivity (Wildman–Crippen MR) is 202 cm³/mol. The summed E-state index contributed by atoms with van der Waals surface area (Å²) in [6.07, 6.45) is 0.0285. The molecule has 4 bridgehead atoms. The summed E-state index contributed by atoms with van der Waals surface area (Å²) in [5.41, 5.74) is 19.4. The minimum atomic E-state index is -1.30. The van der Waals surface area contributed by atoms with Gasteiger partial charge in [-0.2, -0.15) is 5.26 Å². The van der Waals surface area contributed by atoms with Crippen molar-refractivity contribution >= 4 is 29.5 Å². The molecule has 1 aliphatic rings. The average Bonchev–Trinajstić information content (AvgIpc) is 3.18. The number of hydrogen-bond acceptors (Lipinski definition) is 11. The van der Waals surface area contributed by atoms with Crippen molar-refractivity contribution in [1.82, 2.24) is 26.2 Å². The predicted octanol–water partition coefficient (Wildman–Crippen LogP) is 0.0268. The van der Waals surface area contributed by atoms with Crippen molar-refractivity contribution in [2.75, 3.05) is 53.5 Å². The van der Waals surface area contributed by atoms with Crippen LogP contribution in [0.25, 0.3) is 11.1 Å². The van der Waals surface area contributed by atoms with E-state index in [1.807, 2.05) is 13.0 Å². The molecule has 0 aromatic heterocycles. The number of amides is 5. The Bertz CT molecular complexity index is 1830. The number of benzene rings is 3. The summed E-state index contributed by atoms with van der Waals surface area (Å²) < 4.78 is 12.0. The van der Waals surface area contributed by atoms with E-state index in [0.717, 1.165) is 5.56 Å². The van der Waals surface area contributed by atoms with Crippen molar-refractivity contribution in [1.29, 1.82) is 5.26 Å². The number of nitrogens with zero attached hydrogens (tertiary/aromatic N) is 2. The summed E-state index contributed by atoms with van der Waals surface area (Å²) in [6, 6.07) is 15.3. The van der Waals surface area contributed by atoms with E-state index in [9.17, 15) is 24.0 Å². The molecule has 0 fully saturated rings. The number of fused-ring (bicyclic) bond motifs is 5. The van der Waals surface area contributed by atoms with Crippen LogP contribution in [0.15, 0.2) is 60.7 Å². The summed E-state index contributed by atoms with van der Waals surface area (Å²) in [6.45, 7) is 3.41. The fourth-order valence-electron chi connectivity index (χ4n) is 5.56. The molecule has 0 saturated carbocycles. The van der Waals surface area contributed by atoms with E-state index < -0.39 is 54.2 Å². The Hall–Kier alpha value is -6.02. The average molecular weight is 744 g/mol. The van der Waals surface area contributed by atoms with Crippen molar-refractivity contribution < 1.29 is 33.4 Å². The normalized spacial score (nSPS) is 16.4. The number of nitrogens with two attached hydrogens (primary N) is 3. The molecule has 0 aliphatic carbocycles. The first-order valence-electron chi connectivity index (χ1n) is 17.3. The summed E-state index contributed by atoms with van der Waals surface area (Å²) in [7, 11) is 2.92. The lowest BCUT2D eigenvalue weighted by atomic mass is 9.93. The smallest absolute Gasteiger partial charge is 0.251 e. The first-order chi connectivity index (χ1) is 26.0. The van der Waals surface area contributed by atoms with Gasteiger partial charge in [0.1, 0.15) is 49.4 Å². The number of carbonyl (C=O) groups is 5. The zero-order valence-electron chi connectivity index (χ0n) is 30.9. The molecule has 0 radical (unpaired) electrons. The van der Waals surface area contributed by atoms with Crippen LogP contribution >= 0.6 is 0 Å². The van der Waals surface area contributed by atoms with E-state index in [4.69, 9.17) is 26.2 Å². The van der Waals surface area contributed by atoms with E-state index in [1.165, 1.54) is 25.9 Å². The van der Waals surface area contributed by atoms with Crippen molar-refractivity contribution in [2.45, 2.75) is 38.4 Å². The quantitative estimate of drug-likeness (QED) is 0.122. The molecule has 3 aromatic carbocycles. The number of nitriles is 1. The second-order valence-corrected chi connectivity index (χ2v) is 12.2. The van der Waals surface area contributed by atoms with Crippen LogP contribution in [-0.4, -0.2) is 100 Å². The third-order valence-electron chi connectivity index (χ3n) is 8.31. The van der Waals surface area contributed by atoms with Crippen molar-refractivity contribution in [3.63, 3.8) is 0 Å². The highest BCUT2D eigenvalue weighted by Gasteiger charge is 2.33. The standard InChI is InChI=1S/C37H44N8O7.CH5N/c1-22-4-7-25(8-5-22)35(48)42-21-32(46)45(3)33-26-9-11-31(52-17-14-40)28(20-26)27-18-24(6-10-30(27)51-16-13-39)19-29(36(49)41-15-12-38)44-34(47)23(2)43-37(33)50;1-2/h4-11,18,20,23,29,33H,13-17,19,21,39-40H2,1-3H3,(H,41,49)(H,42,48)(H,43,50)(H,44,47);2H2,1H3/t23-,29?,33?;/m0./s1. The van der Waals surface area contributed by atoms with Gasteiger partial charge in [0.15, 0.2) is 0 Å². The summed E-state index contributed by atoms with van der Waals surface area (Å²) >= 11 is 0. The van der Waals surface area contributed by atoms with Crippen molar-refractivity contribution in [2.24, 2.45) is 17.2 Å². The minimum Gasteiger partial charge on any atom is -0.492 e. The first kappa shape index (κ1) is 42.4. The second-order valence-electron chi connectivity index (χ2n) is 12.2. The molecular weight excluding hydrogens is 694 g/mol. The van der Waals surface area contributed by atoms with Crippen LogP contribution in [0.2, 0.25) is 0 Å². The number of rotatable bonds is 12. The highest BCUT2D eigenvalue weighted by Crippen LogP contribution is 2.40. The molecule has 5 amide bonds. The Labute approximate surface area is 314 Å². The molecule has 16 nitrogen and oxygen atoms in total. The van der Waals surface area contributed by atoms with Crippen LogP contribution < -0.4 is 47.9 Å². The maximum absolute atomic E-state index is 14.1. The van der Waals surface area contributed by atoms with Gasteiger partial charge in [-0.05, 0) is 68.4 Å². The van der Waals surface area contributed by atoms with E-state index in [-0.39, 0.29) is 39.3 Å². The van der Waals surface area contributed by atoms with E-state index >= 15 is 0 Å². The summed E-state index contributed by atoms with van der Waals surface area (Å²) in [4.78, 5) is 68.3. The number of ether oxygens (including phenoxy) is 2. The fraction of sp³-hybridized carbons (Fsp3) is 0.368. The Balaban J connectivity index is 0.00000385. The zero-order chi connectivity index (χ0) is 39.8. The number of carbonyl (C=O) groups excluding carboxylic acids is 5. The molecule has 3 aromatic rings. The summed E-state index contributed by atoms with van der Waals surface area (Å²) in [5.74, 6) is -2.22. The van der Waals surface area contributed by atoms with Crippen molar-refractivity contribution in [3.8, 4) is 28.7 Å². The third-order valence-corrected chi connectivity index (χ3v) is 8.31. The van der Waals surface area contributed by atoms with Gasteiger partial charge >= 0.3 is 0 Å². The second kappa shape index (κ2) is 20.9. The molecule has 0 spiro atoms. The van der Waals surface area contributed by atoms with Crippen LogP contribution in [0.5, 0.6) is 11.5 Å². The van der Waals surface area contributed by atoms with Crippen LogP contribution in [0.4, 0.5) is 0 Å². The molecule has 0 saturated heterocycles. The van der Waals surface area contributed by atoms with Gasteiger partial charge in [0, 0.05) is 43.2 Å². The van der Waals surface area contributed by atoms with Gasteiger partial charge in [-0.15, -0.1) is 0 Å². The lowest BCUT2D eigenvalue weighted by Crippen LogP contribution is -2.55. The molecule has 16 heteroatoms. The first-order valence-corrected chi connectivity index (χ1v) is 17.3. The van der Waals surface area contributed by atoms with Gasteiger partial charge in [-0.1, -0.05) is 29.8 Å².